The van der Waals surface area contributed by atoms with Crippen LogP contribution in [-0.2, 0) is 55.1 Å². The van der Waals surface area contributed by atoms with Gasteiger partial charge in [-0.05, 0) is 59.4 Å². The van der Waals surface area contributed by atoms with Crippen molar-refractivity contribution < 1.29 is 67.2 Å². The van der Waals surface area contributed by atoms with Gasteiger partial charge in [0.1, 0.15) is 24.4 Å². The summed E-state index contributed by atoms with van der Waals surface area (Å²) < 4.78 is 113. The SMILES string of the molecule is CC[C@H]1CS(=O)(=O)c2ccc(N(C)C)cc2[C@H](c2cccc(NC(=O)N[C@@H]3O[C@H](COS(=O)(=O)O)[C@@H](OS(=O)(=O)O)[C@H](OCc4ccccc4)[C@H]3O)c2)[C@@H]1O. The van der Waals surface area contributed by atoms with E-state index >= 15 is 0 Å². The molecule has 21 heteroatoms. The van der Waals surface area contributed by atoms with Gasteiger partial charge in [0.05, 0.1) is 30.0 Å². The minimum Gasteiger partial charge on any atom is -0.392 e. The van der Waals surface area contributed by atoms with Crippen molar-refractivity contribution in [2.24, 2.45) is 5.92 Å². The number of fused-ring (bicyclic) bond motifs is 1. The fourth-order valence-electron chi connectivity index (χ4n) is 6.66. The van der Waals surface area contributed by atoms with Gasteiger partial charge >= 0.3 is 26.8 Å². The van der Waals surface area contributed by atoms with Gasteiger partial charge in [-0.15, -0.1) is 0 Å². The number of aliphatic hydroxyl groups is 2. The largest absolute Gasteiger partial charge is 0.397 e. The number of rotatable bonds is 13. The van der Waals surface area contributed by atoms with Crippen LogP contribution in [0.3, 0.4) is 0 Å². The molecule has 0 unspecified atom stereocenters. The Morgan fingerprint density at radius 3 is 2.27 bits per heavy atom. The molecule has 6 N–H and O–H groups in total. The number of carbonyl (C=O) groups is 1. The number of benzene rings is 3. The van der Waals surface area contributed by atoms with Gasteiger partial charge in [-0.2, -0.15) is 16.8 Å². The Morgan fingerprint density at radius 2 is 1.64 bits per heavy atom. The summed E-state index contributed by atoms with van der Waals surface area (Å²) in [6.45, 7) is 0.436. The minimum atomic E-state index is -5.28. The quantitative estimate of drug-likeness (QED) is 0.134. The molecular weight excluding hydrogens is 787 g/mol. The standard InChI is InChI=1S/C34H43N3O15S3/c1-4-21-19-53(41,42)27-14-13-24(37(2)3)16-25(27)28(29(21)38)22-11-8-12-23(15-22)35-34(40)36-33-30(39)32(49-17-20-9-6-5-7-10-20)31(52-55(46,47)48)26(51-33)18-50-54(43,44)45/h5-16,21,26,28-33,38-39H,4,17-19H2,1-3H3,(H2,35,36,40)(H,43,44,45)(H,46,47,48)/t21-,26+,28-,29+,30+,31+,32+,33+/m0/s1. The Balaban J connectivity index is 1.43. The number of anilines is 2. The van der Waals surface area contributed by atoms with Crippen LogP contribution in [0.4, 0.5) is 16.2 Å². The Bertz CT molecular complexity index is 2160. The number of urea groups is 1. The van der Waals surface area contributed by atoms with Crippen LogP contribution in [-0.4, -0.2) is 114 Å². The van der Waals surface area contributed by atoms with E-state index in [0.717, 1.165) is 0 Å². The molecule has 0 bridgehead atoms. The normalized spacial score (nSPS) is 26.7. The predicted octanol–water partition coefficient (Wildman–Crippen LogP) is 1.86. The van der Waals surface area contributed by atoms with Crippen LogP contribution in [0, 0.1) is 5.92 Å². The van der Waals surface area contributed by atoms with Gasteiger partial charge in [0.15, 0.2) is 16.1 Å². The summed E-state index contributed by atoms with van der Waals surface area (Å²) in [6, 6.07) is 18.7. The fraction of sp³-hybridized carbons (Fsp3) is 0.441. The van der Waals surface area contributed by atoms with Crippen molar-refractivity contribution in [2.45, 2.75) is 67.5 Å². The molecule has 2 amide bonds. The topological polar surface area (TPSA) is 265 Å². The van der Waals surface area contributed by atoms with Gasteiger partial charge in [-0.25, -0.2) is 21.6 Å². The lowest BCUT2D eigenvalue weighted by Gasteiger charge is -2.43. The molecule has 1 saturated heterocycles. The summed E-state index contributed by atoms with van der Waals surface area (Å²) in [6.07, 6.45) is -9.88. The van der Waals surface area contributed by atoms with Crippen LogP contribution in [0.25, 0.3) is 0 Å². The first-order valence-electron chi connectivity index (χ1n) is 16.9. The summed E-state index contributed by atoms with van der Waals surface area (Å²) in [5, 5.41) is 27.9. The molecule has 2 aliphatic rings. The second-order valence-electron chi connectivity index (χ2n) is 13.3. The molecule has 2 aliphatic heterocycles. The first kappa shape index (κ1) is 42.4. The molecule has 0 aliphatic carbocycles. The van der Waals surface area contributed by atoms with Crippen molar-refractivity contribution in [2.75, 3.05) is 36.7 Å². The molecule has 3 aromatic carbocycles. The summed E-state index contributed by atoms with van der Waals surface area (Å²) in [5.74, 6) is -1.70. The number of carbonyl (C=O) groups excluding carboxylic acids is 1. The number of hydrogen-bond donors (Lipinski definition) is 6. The second kappa shape index (κ2) is 17.2. The van der Waals surface area contributed by atoms with Gasteiger partial charge in [-0.3, -0.25) is 9.11 Å². The van der Waals surface area contributed by atoms with E-state index in [1.165, 1.54) is 12.1 Å². The van der Waals surface area contributed by atoms with Crippen molar-refractivity contribution in [3.63, 3.8) is 0 Å². The van der Waals surface area contributed by atoms with Gasteiger partial charge < -0.3 is 35.2 Å². The third kappa shape index (κ3) is 10.8. The number of nitrogens with one attached hydrogen (secondary N) is 2. The molecule has 0 saturated carbocycles. The molecule has 5 rings (SSSR count). The highest BCUT2D eigenvalue weighted by Gasteiger charge is 2.50. The third-order valence-electron chi connectivity index (χ3n) is 9.30. The number of hydrogen-bond acceptors (Lipinski definition) is 14. The first-order valence-corrected chi connectivity index (χ1v) is 21.3. The van der Waals surface area contributed by atoms with Gasteiger partial charge in [0.25, 0.3) is 0 Å². The molecule has 8 atom stereocenters. The number of sulfone groups is 1. The van der Waals surface area contributed by atoms with Crippen LogP contribution in [0.5, 0.6) is 0 Å². The zero-order chi connectivity index (χ0) is 40.3. The smallest absolute Gasteiger partial charge is 0.392 e. The summed E-state index contributed by atoms with van der Waals surface area (Å²) in [7, 11) is -10.6. The summed E-state index contributed by atoms with van der Waals surface area (Å²) >= 11 is 0. The second-order valence-corrected chi connectivity index (χ2v) is 17.4. The average Bonchev–Trinajstić information content (AvgIpc) is 3.18. The highest BCUT2D eigenvalue weighted by atomic mass is 32.3. The Labute approximate surface area is 319 Å². The van der Waals surface area contributed by atoms with E-state index in [0.29, 0.717) is 28.8 Å². The maximum absolute atomic E-state index is 13.5. The van der Waals surface area contributed by atoms with E-state index in [1.807, 2.05) is 0 Å². The maximum atomic E-state index is 13.5. The molecular formula is C34H43N3O15S3. The zero-order valence-electron chi connectivity index (χ0n) is 29.8. The van der Waals surface area contributed by atoms with Crippen molar-refractivity contribution in [3.8, 4) is 0 Å². The first-order chi connectivity index (χ1) is 25.8. The number of aliphatic hydroxyl groups excluding tert-OH is 2. The summed E-state index contributed by atoms with van der Waals surface area (Å²) in [4.78, 5) is 15.3. The molecule has 0 spiro atoms. The molecule has 1 fully saturated rings. The monoisotopic (exact) mass is 829 g/mol. The van der Waals surface area contributed by atoms with Crippen LogP contribution < -0.4 is 15.5 Å². The van der Waals surface area contributed by atoms with E-state index in [4.69, 9.17) is 13.7 Å². The van der Waals surface area contributed by atoms with Gasteiger partial charge in [0, 0.05) is 31.4 Å². The highest BCUT2D eigenvalue weighted by Crippen LogP contribution is 2.42. The molecule has 2 heterocycles. The van der Waals surface area contributed by atoms with Crippen LogP contribution in [0.15, 0.2) is 77.7 Å². The Hall–Kier alpha value is -3.74. The lowest BCUT2D eigenvalue weighted by atomic mass is 9.80. The van der Waals surface area contributed by atoms with Gasteiger partial charge in [0.2, 0.25) is 0 Å². The van der Waals surface area contributed by atoms with Crippen LogP contribution in [0.2, 0.25) is 0 Å². The van der Waals surface area contributed by atoms with E-state index in [1.54, 1.807) is 86.6 Å². The van der Waals surface area contributed by atoms with Crippen molar-refractivity contribution >= 4 is 48.0 Å². The van der Waals surface area contributed by atoms with Crippen molar-refractivity contribution in [1.29, 1.82) is 0 Å². The lowest BCUT2D eigenvalue weighted by Crippen LogP contribution is -2.65. The zero-order valence-corrected chi connectivity index (χ0v) is 32.3. The van der Waals surface area contributed by atoms with Crippen molar-refractivity contribution in [1.82, 2.24) is 5.32 Å². The minimum absolute atomic E-state index is 0.0884. The molecule has 55 heavy (non-hydrogen) atoms. The predicted molar refractivity (Wildman–Crippen MR) is 197 cm³/mol. The highest BCUT2D eigenvalue weighted by molar-refractivity contribution is 7.91. The Kier molecular flexibility index (Phi) is 13.2. The van der Waals surface area contributed by atoms with Gasteiger partial charge in [-0.1, -0.05) is 49.4 Å². The molecule has 18 nitrogen and oxygen atoms in total. The molecule has 302 valence electrons. The molecule has 0 aromatic heterocycles. The van der Waals surface area contributed by atoms with E-state index in [-0.39, 0.29) is 22.9 Å². The lowest BCUT2D eigenvalue weighted by molar-refractivity contribution is -0.240. The number of nitrogens with zero attached hydrogens (tertiary/aromatic N) is 1. The molecule has 3 aromatic rings. The van der Waals surface area contributed by atoms with Crippen molar-refractivity contribution in [3.05, 3.63) is 89.5 Å². The number of amides is 2. The fourth-order valence-corrected chi connectivity index (χ4v) is 9.47. The Morgan fingerprint density at radius 1 is 0.927 bits per heavy atom. The average molecular weight is 830 g/mol. The van der Waals surface area contributed by atoms with Crippen LogP contribution >= 0.6 is 0 Å². The van der Waals surface area contributed by atoms with Crippen LogP contribution in [0.1, 0.15) is 36.0 Å². The van der Waals surface area contributed by atoms with E-state index < -0.39 is 91.9 Å². The molecule has 0 radical (unpaired) electrons. The third-order valence-corrected chi connectivity index (χ3v) is 12.1. The summed E-state index contributed by atoms with van der Waals surface area (Å²) in [5.41, 5.74) is 2.30. The maximum Gasteiger partial charge on any atom is 0.397 e. The number of ether oxygens (including phenoxy) is 2. The van der Waals surface area contributed by atoms with E-state index in [2.05, 4.69) is 14.8 Å². The van der Waals surface area contributed by atoms with E-state index in [9.17, 15) is 49.4 Å².